The minimum Gasteiger partial charge on any atom is -0.313 e. The lowest BCUT2D eigenvalue weighted by atomic mass is 10.1. The van der Waals surface area contributed by atoms with Crippen LogP contribution in [0.4, 0.5) is 0 Å². The molecule has 1 nitrogen and oxygen atoms in total. The fraction of sp³-hybridized carbons (Fsp3) is 0.375. The quantitative estimate of drug-likeness (QED) is 0.640. The second-order valence-corrected chi connectivity index (χ2v) is 7.48. The standard InChI is InChI=1S/C16H20BrNS2/c1-2-18-15(6-3-13-9-10-19-11-13)12-20-16-7-4-14(17)5-8-16/h4-5,7-11,15,18H,2-3,6,12H2,1H3. The Morgan fingerprint density at radius 1 is 1.25 bits per heavy atom. The van der Waals surface area contributed by atoms with Crippen molar-refractivity contribution >= 4 is 39.0 Å². The van der Waals surface area contributed by atoms with Crippen molar-refractivity contribution in [1.29, 1.82) is 0 Å². The van der Waals surface area contributed by atoms with Crippen LogP contribution in [0.1, 0.15) is 18.9 Å². The molecule has 0 radical (unpaired) electrons. The van der Waals surface area contributed by atoms with E-state index in [4.69, 9.17) is 0 Å². The van der Waals surface area contributed by atoms with Crippen LogP contribution in [0.3, 0.4) is 0 Å². The van der Waals surface area contributed by atoms with Crippen LogP contribution >= 0.6 is 39.0 Å². The molecule has 20 heavy (non-hydrogen) atoms. The van der Waals surface area contributed by atoms with Crippen LogP contribution in [0.25, 0.3) is 0 Å². The Kier molecular flexibility index (Phi) is 7.14. The molecule has 1 N–H and O–H groups in total. The van der Waals surface area contributed by atoms with Gasteiger partial charge in [0.05, 0.1) is 0 Å². The van der Waals surface area contributed by atoms with Crippen molar-refractivity contribution in [3.8, 4) is 0 Å². The lowest BCUT2D eigenvalue weighted by molar-refractivity contribution is 0.538. The number of halogens is 1. The first kappa shape index (κ1) is 16.1. The molecule has 108 valence electrons. The zero-order chi connectivity index (χ0) is 14.2. The van der Waals surface area contributed by atoms with Gasteiger partial charge in [0.2, 0.25) is 0 Å². The van der Waals surface area contributed by atoms with Crippen molar-refractivity contribution in [3.05, 3.63) is 51.1 Å². The van der Waals surface area contributed by atoms with Crippen LogP contribution in [0, 0.1) is 0 Å². The summed E-state index contributed by atoms with van der Waals surface area (Å²) in [5.74, 6) is 1.12. The third kappa shape index (κ3) is 5.60. The summed E-state index contributed by atoms with van der Waals surface area (Å²) >= 11 is 7.20. The molecule has 0 aliphatic heterocycles. The van der Waals surface area contributed by atoms with E-state index in [-0.39, 0.29) is 0 Å². The minimum atomic E-state index is 0.577. The van der Waals surface area contributed by atoms with Gasteiger partial charge in [-0.25, -0.2) is 0 Å². The largest absolute Gasteiger partial charge is 0.313 e. The summed E-state index contributed by atoms with van der Waals surface area (Å²) in [5.41, 5.74) is 1.46. The monoisotopic (exact) mass is 369 g/mol. The van der Waals surface area contributed by atoms with Crippen LogP contribution in [-0.4, -0.2) is 18.3 Å². The molecule has 1 atom stereocenters. The van der Waals surface area contributed by atoms with Crippen molar-refractivity contribution in [2.45, 2.75) is 30.7 Å². The van der Waals surface area contributed by atoms with Gasteiger partial charge in [-0.3, -0.25) is 0 Å². The van der Waals surface area contributed by atoms with Crippen LogP contribution in [0.2, 0.25) is 0 Å². The topological polar surface area (TPSA) is 12.0 Å². The van der Waals surface area contributed by atoms with Crippen LogP contribution in [0.5, 0.6) is 0 Å². The van der Waals surface area contributed by atoms with E-state index in [1.807, 2.05) is 11.8 Å². The second-order valence-electron chi connectivity index (χ2n) is 4.69. The molecule has 0 saturated heterocycles. The summed E-state index contributed by atoms with van der Waals surface area (Å²) < 4.78 is 1.14. The Balaban J connectivity index is 1.80. The first-order valence-corrected chi connectivity index (χ1v) is 9.63. The lowest BCUT2D eigenvalue weighted by Crippen LogP contribution is -2.31. The summed E-state index contributed by atoms with van der Waals surface area (Å²) in [7, 11) is 0. The van der Waals surface area contributed by atoms with Gasteiger partial charge in [-0.2, -0.15) is 11.3 Å². The first-order chi connectivity index (χ1) is 9.78. The SMILES string of the molecule is CCNC(CCc1ccsc1)CSc1ccc(Br)cc1. The zero-order valence-electron chi connectivity index (χ0n) is 11.6. The van der Waals surface area contributed by atoms with Crippen LogP contribution < -0.4 is 5.32 Å². The molecular formula is C16H20BrNS2. The highest BCUT2D eigenvalue weighted by molar-refractivity contribution is 9.10. The molecule has 2 rings (SSSR count). The number of hydrogen-bond donors (Lipinski definition) is 1. The number of thiophene rings is 1. The van der Waals surface area contributed by atoms with Gasteiger partial charge in [-0.05, 0) is 66.0 Å². The Hall–Kier alpha value is -0.290. The number of rotatable bonds is 8. The number of thioether (sulfide) groups is 1. The molecule has 0 aliphatic carbocycles. The van der Waals surface area contributed by atoms with E-state index in [2.05, 4.69) is 69.3 Å². The van der Waals surface area contributed by atoms with E-state index < -0.39 is 0 Å². The molecule has 0 spiro atoms. The molecule has 0 aliphatic rings. The maximum absolute atomic E-state index is 3.60. The maximum atomic E-state index is 3.60. The first-order valence-electron chi connectivity index (χ1n) is 6.90. The highest BCUT2D eigenvalue weighted by atomic mass is 79.9. The molecule has 1 aromatic heterocycles. The van der Waals surface area contributed by atoms with Gasteiger partial charge < -0.3 is 5.32 Å². The molecule has 1 unspecified atom stereocenters. The summed E-state index contributed by atoms with van der Waals surface area (Å²) in [6, 6.07) is 11.4. The molecule has 0 amide bonds. The highest BCUT2D eigenvalue weighted by Crippen LogP contribution is 2.22. The summed E-state index contributed by atoms with van der Waals surface area (Å²) in [6.07, 6.45) is 2.37. The minimum absolute atomic E-state index is 0.577. The number of hydrogen-bond acceptors (Lipinski definition) is 3. The third-order valence-corrected chi connectivity index (χ3v) is 5.55. The van der Waals surface area contributed by atoms with Crippen LogP contribution in [-0.2, 0) is 6.42 Å². The van der Waals surface area contributed by atoms with Gasteiger partial charge >= 0.3 is 0 Å². The summed E-state index contributed by atoms with van der Waals surface area (Å²) in [6.45, 7) is 3.22. The molecule has 0 bridgehead atoms. The lowest BCUT2D eigenvalue weighted by Gasteiger charge is -2.17. The fourth-order valence-electron chi connectivity index (χ4n) is 2.04. The molecule has 2 aromatic rings. The predicted octanol–water partition coefficient (Wildman–Crippen LogP) is 5.21. The van der Waals surface area contributed by atoms with E-state index in [9.17, 15) is 0 Å². The molecule has 0 saturated carbocycles. The number of nitrogens with one attached hydrogen (secondary N) is 1. The van der Waals surface area contributed by atoms with Gasteiger partial charge in [0, 0.05) is 21.2 Å². The van der Waals surface area contributed by atoms with Gasteiger partial charge in [0.15, 0.2) is 0 Å². The third-order valence-electron chi connectivity index (χ3n) is 3.12. The van der Waals surface area contributed by atoms with E-state index in [0.717, 1.165) is 16.8 Å². The normalized spacial score (nSPS) is 12.5. The number of aryl methyl sites for hydroxylation is 1. The van der Waals surface area contributed by atoms with E-state index >= 15 is 0 Å². The molecular weight excluding hydrogens is 350 g/mol. The van der Waals surface area contributed by atoms with E-state index in [1.54, 1.807) is 11.3 Å². The summed E-state index contributed by atoms with van der Waals surface area (Å²) in [4.78, 5) is 1.34. The Morgan fingerprint density at radius 2 is 2.05 bits per heavy atom. The average molecular weight is 370 g/mol. The average Bonchev–Trinajstić information content (AvgIpc) is 2.97. The predicted molar refractivity (Wildman–Crippen MR) is 95.0 cm³/mol. The summed E-state index contributed by atoms with van der Waals surface area (Å²) in [5, 5.41) is 8.02. The molecule has 1 heterocycles. The number of benzene rings is 1. The van der Waals surface area contributed by atoms with Crippen molar-refractivity contribution in [1.82, 2.24) is 5.32 Å². The van der Waals surface area contributed by atoms with Crippen molar-refractivity contribution in [3.63, 3.8) is 0 Å². The molecule has 1 aromatic carbocycles. The van der Waals surface area contributed by atoms with Crippen molar-refractivity contribution in [2.24, 2.45) is 0 Å². The molecule has 0 fully saturated rings. The van der Waals surface area contributed by atoms with Gasteiger partial charge in [-0.15, -0.1) is 11.8 Å². The molecule has 4 heteroatoms. The van der Waals surface area contributed by atoms with E-state index in [1.165, 1.54) is 23.3 Å². The van der Waals surface area contributed by atoms with Crippen LogP contribution in [0.15, 0.2) is 50.5 Å². The van der Waals surface area contributed by atoms with Gasteiger partial charge in [0.1, 0.15) is 0 Å². The highest BCUT2D eigenvalue weighted by Gasteiger charge is 2.08. The van der Waals surface area contributed by atoms with Crippen molar-refractivity contribution < 1.29 is 0 Å². The maximum Gasteiger partial charge on any atom is 0.0176 e. The second kappa shape index (κ2) is 8.88. The van der Waals surface area contributed by atoms with E-state index in [0.29, 0.717) is 6.04 Å². The Morgan fingerprint density at radius 3 is 2.70 bits per heavy atom. The van der Waals surface area contributed by atoms with Gasteiger partial charge in [0.25, 0.3) is 0 Å². The van der Waals surface area contributed by atoms with Crippen molar-refractivity contribution in [2.75, 3.05) is 12.3 Å². The zero-order valence-corrected chi connectivity index (χ0v) is 14.9. The van der Waals surface area contributed by atoms with Gasteiger partial charge in [-0.1, -0.05) is 22.9 Å². The smallest absolute Gasteiger partial charge is 0.0176 e. The fourth-order valence-corrected chi connectivity index (χ4v) is 4.01. The Bertz CT molecular complexity index is 482. The Labute approximate surface area is 138 Å².